The summed E-state index contributed by atoms with van der Waals surface area (Å²) in [6.45, 7) is 1.60. The summed E-state index contributed by atoms with van der Waals surface area (Å²) in [5.41, 5.74) is 3.18. The van der Waals surface area contributed by atoms with Gasteiger partial charge in [-0.3, -0.25) is 4.79 Å². The molecule has 0 radical (unpaired) electrons. The highest BCUT2D eigenvalue weighted by atomic mass is 16.6. The predicted molar refractivity (Wildman–Crippen MR) is 126 cm³/mol. The maximum Gasteiger partial charge on any atom is 0.232 e. The van der Waals surface area contributed by atoms with Crippen molar-refractivity contribution in [1.29, 1.82) is 0 Å². The largest absolute Gasteiger partial charge is 0.374 e. The van der Waals surface area contributed by atoms with Gasteiger partial charge in [-0.25, -0.2) is 0 Å². The summed E-state index contributed by atoms with van der Waals surface area (Å²) in [5.74, 6) is -0.477. The molecular formula is C28H29NO5. The third kappa shape index (κ3) is 5.37. The number of β-lactam (4-membered cyclic amide) rings is 1. The van der Waals surface area contributed by atoms with Crippen LogP contribution in [0.2, 0.25) is 0 Å². The van der Waals surface area contributed by atoms with E-state index >= 15 is 0 Å². The zero-order valence-corrected chi connectivity index (χ0v) is 18.9. The predicted octanol–water partition coefficient (Wildman–Crippen LogP) is 3.84. The average Bonchev–Trinajstić information content (AvgIpc) is 2.88. The third-order valence-corrected chi connectivity index (χ3v) is 6.24. The average molecular weight is 460 g/mol. The van der Waals surface area contributed by atoms with Gasteiger partial charge < -0.3 is 24.3 Å². The number of carbonyl (C=O) groups is 1. The van der Waals surface area contributed by atoms with Gasteiger partial charge in [-0.05, 0) is 16.7 Å². The van der Waals surface area contributed by atoms with Crippen LogP contribution >= 0.6 is 0 Å². The van der Waals surface area contributed by atoms with E-state index in [0.717, 1.165) is 16.7 Å². The molecule has 6 nitrogen and oxygen atoms in total. The normalized spacial score (nSPS) is 25.8. The lowest BCUT2D eigenvalue weighted by molar-refractivity contribution is -0.265. The summed E-state index contributed by atoms with van der Waals surface area (Å²) in [6.07, 6.45) is -1.67. The number of hydrogen-bond donors (Lipinski definition) is 1. The molecule has 1 N–H and O–H groups in total. The minimum Gasteiger partial charge on any atom is -0.374 e. The zero-order valence-electron chi connectivity index (χ0n) is 18.9. The molecule has 2 fully saturated rings. The fraction of sp³-hybridized carbons (Fsp3) is 0.321. The standard InChI is InChI=1S/C28H29NO5/c30-27-24-26(33-18-22-14-8-3-9-15-22)25(32-17-21-12-6-2-7-13-21)23(34-28(24)29-27)19-31-16-20-10-4-1-5-11-20/h1-15,23-26,28H,16-19H2,(H,29,30)/t23-,24?,25-,26-,28-/m1/s1. The summed E-state index contributed by atoms with van der Waals surface area (Å²) in [5, 5.41) is 2.85. The van der Waals surface area contributed by atoms with Crippen molar-refractivity contribution in [2.75, 3.05) is 6.61 Å². The molecule has 1 amide bonds. The number of fused-ring (bicyclic) bond motifs is 1. The molecule has 5 rings (SSSR count). The van der Waals surface area contributed by atoms with Crippen molar-refractivity contribution in [2.45, 2.75) is 44.4 Å². The highest BCUT2D eigenvalue weighted by molar-refractivity contribution is 5.86. The molecule has 1 unspecified atom stereocenters. The number of benzene rings is 3. The SMILES string of the molecule is O=C1N[C@@H]2O[C@H](COCc3ccccc3)[C@@H](OCc3ccccc3)[C@H](OCc3ccccc3)C12. The van der Waals surface area contributed by atoms with Gasteiger partial charge in [-0.2, -0.15) is 0 Å². The van der Waals surface area contributed by atoms with E-state index < -0.39 is 24.4 Å². The van der Waals surface area contributed by atoms with Crippen LogP contribution in [0.1, 0.15) is 16.7 Å². The highest BCUT2D eigenvalue weighted by Gasteiger charge is 2.56. The maximum absolute atomic E-state index is 12.5. The van der Waals surface area contributed by atoms with E-state index in [1.54, 1.807) is 0 Å². The second kappa shape index (κ2) is 10.9. The maximum atomic E-state index is 12.5. The van der Waals surface area contributed by atoms with Crippen molar-refractivity contribution in [3.63, 3.8) is 0 Å². The van der Waals surface area contributed by atoms with E-state index in [1.807, 2.05) is 91.0 Å². The molecule has 6 heteroatoms. The van der Waals surface area contributed by atoms with E-state index in [2.05, 4.69) is 5.32 Å². The molecule has 2 aliphatic rings. The Hall–Kier alpha value is -3.03. The molecular weight excluding hydrogens is 430 g/mol. The Morgan fingerprint density at radius 2 is 1.18 bits per heavy atom. The molecule has 2 saturated heterocycles. The second-order valence-corrected chi connectivity index (χ2v) is 8.65. The Labute approximate surface area is 199 Å². The first-order valence-corrected chi connectivity index (χ1v) is 11.7. The molecule has 0 aliphatic carbocycles. The van der Waals surface area contributed by atoms with Crippen LogP contribution in [-0.2, 0) is 43.6 Å². The van der Waals surface area contributed by atoms with Gasteiger partial charge >= 0.3 is 0 Å². The second-order valence-electron chi connectivity index (χ2n) is 8.65. The molecule has 3 aromatic rings. The number of nitrogens with one attached hydrogen (secondary N) is 1. The third-order valence-electron chi connectivity index (χ3n) is 6.24. The fourth-order valence-electron chi connectivity index (χ4n) is 4.42. The number of ether oxygens (including phenoxy) is 4. The molecule has 2 heterocycles. The van der Waals surface area contributed by atoms with Crippen LogP contribution < -0.4 is 5.32 Å². The first-order chi connectivity index (χ1) is 16.8. The molecule has 176 valence electrons. The van der Waals surface area contributed by atoms with Crippen molar-refractivity contribution in [3.05, 3.63) is 108 Å². The molecule has 0 bridgehead atoms. The summed E-state index contributed by atoms with van der Waals surface area (Å²) in [4.78, 5) is 12.5. The Kier molecular flexibility index (Phi) is 7.31. The summed E-state index contributed by atoms with van der Waals surface area (Å²) < 4.78 is 25.0. The van der Waals surface area contributed by atoms with Gasteiger partial charge in [0.25, 0.3) is 0 Å². The minimum atomic E-state index is -0.452. The Morgan fingerprint density at radius 1 is 0.676 bits per heavy atom. The summed E-state index contributed by atoms with van der Waals surface area (Å²) in [7, 11) is 0. The van der Waals surface area contributed by atoms with E-state index in [4.69, 9.17) is 18.9 Å². The Bertz CT molecular complexity index is 1050. The van der Waals surface area contributed by atoms with Crippen molar-refractivity contribution in [2.24, 2.45) is 5.92 Å². The molecule has 5 atom stereocenters. The Morgan fingerprint density at radius 3 is 1.71 bits per heavy atom. The van der Waals surface area contributed by atoms with Crippen molar-refractivity contribution >= 4 is 5.91 Å². The van der Waals surface area contributed by atoms with Crippen LogP contribution in [0.3, 0.4) is 0 Å². The van der Waals surface area contributed by atoms with Gasteiger partial charge in [0.05, 0.1) is 26.4 Å². The van der Waals surface area contributed by atoms with Crippen molar-refractivity contribution in [1.82, 2.24) is 5.32 Å². The lowest BCUT2D eigenvalue weighted by atomic mass is 9.84. The van der Waals surface area contributed by atoms with E-state index in [-0.39, 0.29) is 12.0 Å². The minimum absolute atomic E-state index is 0.0694. The summed E-state index contributed by atoms with van der Waals surface area (Å²) in [6, 6.07) is 29.9. The fourth-order valence-corrected chi connectivity index (χ4v) is 4.42. The molecule has 0 spiro atoms. The molecule has 0 saturated carbocycles. The Balaban J connectivity index is 1.31. The van der Waals surface area contributed by atoms with Gasteiger partial charge in [0, 0.05) is 0 Å². The van der Waals surface area contributed by atoms with Gasteiger partial charge in [0.15, 0.2) is 0 Å². The van der Waals surface area contributed by atoms with Crippen molar-refractivity contribution in [3.8, 4) is 0 Å². The van der Waals surface area contributed by atoms with Crippen molar-refractivity contribution < 1.29 is 23.7 Å². The van der Waals surface area contributed by atoms with Crippen LogP contribution in [0.4, 0.5) is 0 Å². The quantitative estimate of drug-likeness (QED) is 0.467. The highest BCUT2D eigenvalue weighted by Crippen LogP contribution is 2.35. The van der Waals surface area contributed by atoms with Crippen LogP contribution in [0, 0.1) is 5.92 Å². The lowest BCUT2D eigenvalue weighted by Crippen LogP contribution is -2.72. The topological polar surface area (TPSA) is 66.0 Å². The van der Waals surface area contributed by atoms with Crippen LogP contribution in [0.15, 0.2) is 91.0 Å². The van der Waals surface area contributed by atoms with Crippen LogP contribution in [0.25, 0.3) is 0 Å². The van der Waals surface area contributed by atoms with Crippen LogP contribution in [-0.4, -0.2) is 37.1 Å². The molecule has 0 aromatic heterocycles. The van der Waals surface area contributed by atoms with Gasteiger partial charge in [-0.15, -0.1) is 0 Å². The van der Waals surface area contributed by atoms with Gasteiger partial charge in [-0.1, -0.05) is 91.0 Å². The first kappa shape index (κ1) is 22.7. The molecule has 34 heavy (non-hydrogen) atoms. The first-order valence-electron chi connectivity index (χ1n) is 11.7. The number of rotatable bonds is 10. The lowest BCUT2D eigenvalue weighted by Gasteiger charge is -2.50. The van der Waals surface area contributed by atoms with Gasteiger partial charge in [0.2, 0.25) is 5.91 Å². The summed E-state index contributed by atoms with van der Waals surface area (Å²) >= 11 is 0. The monoisotopic (exact) mass is 459 g/mol. The van der Waals surface area contributed by atoms with E-state index in [1.165, 1.54) is 0 Å². The van der Waals surface area contributed by atoms with Crippen LogP contribution in [0.5, 0.6) is 0 Å². The molecule has 2 aliphatic heterocycles. The van der Waals surface area contributed by atoms with Gasteiger partial charge in [0.1, 0.15) is 30.5 Å². The van der Waals surface area contributed by atoms with E-state index in [0.29, 0.717) is 26.4 Å². The number of carbonyl (C=O) groups excluding carboxylic acids is 1. The zero-order chi connectivity index (χ0) is 23.2. The smallest absolute Gasteiger partial charge is 0.232 e. The molecule has 3 aromatic carbocycles. The van der Waals surface area contributed by atoms with E-state index in [9.17, 15) is 4.79 Å². The number of amides is 1. The number of hydrogen-bond acceptors (Lipinski definition) is 5.